The Balaban J connectivity index is 1.22. The Labute approximate surface area is 703 Å². The minimum absolute atomic E-state index is 0.0128. The lowest BCUT2D eigenvalue weighted by atomic mass is 9.66. The number of ether oxygens (including phenoxy) is 21. The molecule has 8 aromatic rings. The van der Waals surface area contributed by atoms with Gasteiger partial charge in [0.1, 0.15) is 25.6 Å². The molecule has 4 N–H and O–H groups in total. The maximum Gasteiger partial charge on any atom is 0.336 e. The molecule has 120 heavy (non-hydrogen) atoms. The van der Waals surface area contributed by atoms with E-state index in [0.717, 1.165) is 101 Å². The number of carboxylic acid groups (broad SMARTS) is 1. The first-order valence-electron chi connectivity index (χ1n) is 40.9. The van der Waals surface area contributed by atoms with Crippen LogP contribution in [0.3, 0.4) is 0 Å². The molecule has 1 atom stereocenters. The molecule has 1 aliphatic carbocycles. The number of aromatic carboxylic acids is 1. The summed E-state index contributed by atoms with van der Waals surface area (Å²) >= 11 is 0. The van der Waals surface area contributed by atoms with E-state index in [-0.39, 0.29) is 138 Å². The number of aliphatic hydroxyl groups excluding tert-OH is 3. The highest BCUT2D eigenvalue weighted by molar-refractivity contribution is 6.08. The lowest BCUT2D eigenvalue weighted by Gasteiger charge is -2.35. The van der Waals surface area contributed by atoms with Gasteiger partial charge in [0.2, 0.25) is 0 Å². The number of hydrogen-bond acceptors (Lipinski definition) is 26. The van der Waals surface area contributed by atoms with Crippen LogP contribution in [0.25, 0.3) is 55.3 Å². The average Bonchev–Trinajstić information content (AvgIpc) is 1.53. The molecule has 0 aliphatic heterocycles. The van der Waals surface area contributed by atoms with Crippen LogP contribution in [0.1, 0.15) is 70.8 Å². The topological polar surface area (TPSA) is 309 Å². The first-order chi connectivity index (χ1) is 59.0. The van der Waals surface area contributed by atoms with Crippen LogP contribution in [0.15, 0.2) is 133 Å². The molecule has 0 radical (unpaired) electrons. The molecule has 0 fully saturated rings. The Kier molecular flexibility index (Phi) is 43.8. The van der Waals surface area contributed by atoms with Gasteiger partial charge in [-0.1, -0.05) is 90.5 Å². The van der Waals surface area contributed by atoms with Crippen molar-refractivity contribution in [3.05, 3.63) is 195 Å². The highest BCUT2D eigenvalue weighted by Crippen LogP contribution is 2.58. The highest BCUT2D eigenvalue weighted by atomic mass is 16.6. The molecule has 0 aromatic heterocycles. The molecule has 9 rings (SSSR count). The van der Waals surface area contributed by atoms with E-state index < -0.39 is 11.4 Å². The van der Waals surface area contributed by atoms with Gasteiger partial charge in [-0.2, -0.15) is 0 Å². The predicted molar refractivity (Wildman–Crippen MR) is 452 cm³/mol. The van der Waals surface area contributed by atoms with Crippen LogP contribution in [0, 0.1) is 13.8 Å². The summed E-state index contributed by atoms with van der Waals surface area (Å²) in [6.45, 7) is 14.6. The summed E-state index contributed by atoms with van der Waals surface area (Å²) in [4.78, 5) is 26.8. The molecule has 0 heterocycles. The van der Waals surface area contributed by atoms with Gasteiger partial charge in [-0.15, -0.1) is 0 Å². The SMILES string of the molecule is COCCOCCOCCOc1ccc(-c2cc(-c3ccc4c(c3)C(c3ccc(COCCOCCOCCO)c(COCCOCCOCCO)c3)(c3ccc(OCCOCCOCCOC)c(OCCOCCOCCOC)c3)c3cc(C)ccc3-4)cc3c(-c4ccc(COCCOCCOCCO)c(C(=O)O)c4)cc(C)cc23)cc1C=O. The van der Waals surface area contributed by atoms with Crippen LogP contribution >= 0.6 is 0 Å². The van der Waals surface area contributed by atoms with Crippen molar-refractivity contribution < 1.29 is 129 Å². The van der Waals surface area contributed by atoms with Crippen molar-refractivity contribution in [3.8, 4) is 61.8 Å². The van der Waals surface area contributed by atoms with Gasteiger partial charge in [0, 0.05) is 21.3 Å². The van der Waals surface area contributed by atoms with E-state index in [2.05, 4.69) is 97.9 Å². The summed E-state index contributed by atoms with van der Waals surface area (Å²) in [6, 6.07) is 45.3. The Bertz CT molecular complexity index is 4230. The highest BCUT2D eigenvalue weighted by Gasteiger charge is 2.47. The zero-order chi connectivity index (χ0) is 84.6. The molecule has 0 bridgehead atoms. The van der Waals surface area contributed by atoms with Gasteiger partial charge in [0.25, 0.3) is 0 Å². The third-order valence-electron chi connectivity index (χ3n) is 19.5. The average molecular weight is 1670 g/mol. The number of methoxy groups -OCH3 is 3. The fourth-order valence-electron chi connectivity index (χ4n) is 13.9. The molecule has 8 aromatic carbocycles. The molecule has 0 amide bonds. The van der Waals surface area contributed by atoms with Crippen LogP contribution < -0.4 is 14.2 Å². The third-order valence-corrected chi connectivity index (χ3v) is 19.5. The van der Waals surface area contributed by atoms with Crippen LogP contribution in [0.5, 0.6) is 17.2 Å². The van der Waals surface area contributed by atoms with Crippen LogP contribution in [-0.4, -0.2) is 292 Å². The summed E-state index contributed by atoms with van der Waals surface area (Å²) in [6.07, 6.45) is 0.790. The number of rotatable bonds is 67. The van der Waals surface area contributed by atoms with Crippen molar-refractivity contribution in [2.45, 2.75) is 39.1 Å². The molecule has 654 valence electrons. The third kappa shape index (κ3) is 29.5. The number of carbonyl (C=O) groups is 2. The van der Waals surface area contributed by atoms with Crippen molar-refractivity contribution in [1.82, 2.24) is 0 Å². The summed E-state index contributed by atoms with van der Waals surface area (Å²) in [5.41, 5.74) is 13.6. The number of fused-ring (bicyclic) bond motifs is 4. The van der Waals surface area contributed by atoms with Crippen molar-refractivity contribution in [1.29, 1.82) is 0 Å². The second-order valence-corrected chi connectivity index (χ2v) is 27.9. The Morgan fingerprint density at radius 3 is 1.22 bits per heavy atom. The van der Waals surface area contributed by atoms with E-state index in [1.807, 2.05) is 31.2 Å². The van der Waals surface area contributed by atoms with Gasteiger partial charge in [-0.05, 0) is 162 Å². The fourth-order valence-corrected chi connectivity index (χ4v) is 13.9. The monoisotopic (exact) mass is 1670 g/mol. The first-order valence-corrected chi connectivity index (χ1v) is 40.9. The lowest BCUT2D eigenvalue weighted by Crippen LogP contribution is -2.29. The lowest BCUT2D eigenvalue weighted by molar-refractivity contribution is 0.00160. The van der Waals surface area contributed by atoms with Gasteiger partial charge in [0.05, 0.1) is 254 Å². The zero-order valence-corrected chi connectivity index (χ0v) is 70.0. The van der Waals surface area contributed by atoms with Crippen molar-refractivity contribution in [3.63, 3.8) is 0 Å². The van der Waals surface area contributed by atoms with Crippen molar-refractivity contribution >= 4 is 23.0 Å². The first kappa shape index (κ1) is 95.6. The maximum atomic E-state index is 13.4. The number of carbonyl (C=O) groups excluding carboxylic acids is 1. The fraction of sp³-hybridized carbons (Fsp3) is 0.484. The minimum Gasteiger partial charge on any atom is -0.490 e. The maximum absolute atomic E-state index is 13.4. The van der Waals surface area contributed by atoms with E-state index >= 15 is 0 Å². The van der Waals surface area contributed by atoms with E-state index in [0.29, 0.717) is 159 Å². The van der Waals surface area contributed by atoms with E-state index in [4.69, 9.17) is 105 Å². The molecule has 0 saturated carbocycles. The van der Waals surface area contributed by atoms with E-state index in [1.54, 1.807) is 39.5 Å². The van der Waals surface area contributed by atoms with E-state index in [9.17, 15) is 24.9 Å². The van der Waals surface area contributed by atoms with Gasteiger partial charge in [-0.3, -0.25) is 4.79 Å². The molecular weight excluding hydrogens is 1550 g/mol. The molecule has 0 saturated heterocycles. The van der Waals surface area contributed by atoms with Gasteiger partial charge < -0.3 is 120 Å². The van der Waals surface area contributed by atoms with Gasteiger partial charge in [0.15, 0.2) is 17.8 Å². The Hall–Kier alpha value is -8.28. The summed E-state index contributed by atoms with van der Waals surface area (Å²) in [5.74, 6) is 0.197. The molecule has 27 nitrogen and oxygen atoms in total. The van der Waals surface area contributed by atoms with Gasteiger partial charge >= 0.3 is 5.97 Å². The summed E-state index contributed by atoms with van der Waals surface area (Å²) in [5, 5.41) is 40.2. The molecular formula is C93H120O27. The normalized spacial score (nSPS) is 13.0. The Morgan fingerprint density at radius 2 is 0.700 bits per heavy atom. The van der Waals surface area contributed by atoms with Crippen molar-refractivity contribution in [2.75, 3.05) is 259 Å². The second-order valence-electron chi connectivity index (χ2n) is 27.9. The molecule has 27 heteroatoms. The van der Waals surface area contributed by atoms with Crippen LogP contribution in [0.4, 0.5) is 0 Å². The number of aliphatic hydroxyl groups is 3. The zero-order valence-electron chi connectivity index (χ0n) is 70.0. The molecule has 0 spiro atoms. The number of aldehydes is 1. The van der Waals surface area contributed by atoms with Crippen LogP contribution in [0.2, 0.25) is 0 Å². The van der Waals surface area contributed by atoms with E-state index in [1.165, 1.54) is 0 Å². The van der Waals surface area contributed by atoms with Crippen molar-refractivity contribution in [2.24, 2.45) is 0 Å². The predicted octanol–water partition coefficient (Wildman–Crippen LogP) is 11.1. The minimum atomic E-state index is -1.15. The number of benzene rings is 8. The second kappa shape index (κ2) is 55.0. The summed E-state index contributed by atoms with van der Waals surface area (Å²) in [7, 11) is 4.87. The summed E-state index contributed by atoms with van der Waals surface area (Å²) < 4.78 is 123. The standard InChI is InChI=1S/C93H120O27/c1-68-6-14-80-81-15-10-70(75-60-83(71-11-16-89(76(57-71)64-97)118-51-48-112-39-36-106-27-24-100-3)85-55-69(2)54-82(86(85)61-75)72-7-8-74(84(59-72)92(98)99)66-116-46-43-110-34-31-104-22-19-95)62-88(81)93(87(80)56-68,78-12-9-73(65-115-45-42-109-33-30-103-21-18-94)77(58-78)67-117-47-44-111-35-32-105-23-20-96)79-13-17-90(119-52-49-113-40-37-107-28-25-101-4)91(63-79)120-53-50-114-41-38-108-29-26-102-5/h6-17,54-64,94-96H,18-53,65-67H2,1-5H3,(H,98,99). The Morgan fingerprint density at radius 1 is 0.308 bits per heavy atom. The smallest absolute Gasteiger partial charge is 0.336 e. The van der Waals surface area contributed by atoms with Crippen LogP contribution in [-0.2, 0) is 110 Å². The number of carboxylic acids is 1. The molecule has 1 aliphatic rings. The number of aryl methyl sites for hydroxylation is 2. The largest absolute Gasteiger partial charge is 0.490 e. The van der Waals surface area contributed by atoms with Gasteiger partial charge in [-0.25, -0.2) is 4.79 Å². The number of hydrogen-bond donors (Lipinski definition) is 4. The molecule has 1 unspecified atom stereocenters. The quantitative estimate of drug-likeness (QED) is 0.0203.